The monoisotopic (exact) mass is 345 g/mol. The van der Waals surface area contributed by atoms with Crippen molar-refractivity contribution >= 4 is 38.3 Å². The molecule has 0 unspecified atom stereocenters. The number of hydrogen-bond donors (Lipinski definition) is 0. The lowest BCUT2D eigenvalue weighted by molar-refractivity contribution is -0.214. The minimum atomic E-state index is -0.208. The second kappa shape index (κ2) is 8.06. The van der Waals surface area contributed by atoms with Crippen LogP contribution in [0, 0.1) is 0 Å². The topological polar surface area (TPSA) is 38.8 Å². The van der Waals surface area contributed by atoms with Gasteiger partial charge >= 0.3 is 0 Å². The highest BCUT2D eigenvalue weighted by molar-refractivity contribution is 8.04. The first kappa shape index (κ1) is 17.4. The van der Waals surface area contributed by atoms with Gasteiger partial charge in [0.25, 0.3) is 0 Å². The molecule has 0 spiro atoms. The molecule has 0 saturated carbocycles. The third kappa shape index (κ3) is 4.07. The van der Waals surface area contributed by atoms with Gasteiger partial charge in [0.2, 0.25) is 0 Å². The number of benzene rings is 2. The SMILES string of the molecule is COc1cccc(-c2ccccc2N(C([O-])=S=C=S)N(C)C)c1. The van der Waals surface area contributed by atoms with Crippen molar-refractivity contribution in [3.63, 3.8) is 0 Å². The van der Waals surface area contributed by atoms with Crippen molar-refractivity contribution in [2.24, 2.45) is 0 Å². The largest absolute Gasteiger partial charge is 0.804 e. The van der Waals surface area contributed by atoms with E-state index >= 15 is 0 Å². The van der Waals surface area contributed by atoms with Crippen LogP contribution in [0.4, 0.5) is 5.69 Å². The fraction of sp³-hybridized carbons (Fsp3) is 0.176. The van der Waals surface area contributed by atoms with Crippen LogP contribution in [0.1, 0.15) is 0 Å². The van der Waals surface area contributed by atoms with E-state index in [4.69, 9.17) is 4.74 Å². The average molecular weight is 345 g/mol. The van der Waals surface area contributed by atoms with Gasteiger partial charge in [0.1, 0.15) is 5.75 Å². The molecule has 0 atom stereocenters. The maximum atomic E-state index is 12.4. The third-order valence-corrected chi connectivity index (χ3v) is 3.90. The minimum Gasteiger partial charge on any atom is -0.804 e. The van der Waals surface area contributed by atoms with Gasteiger partial charge in [-0.3, -0.25) is 5.01 Å². The van der Waals surface area contributed by atoms with Crippen LogP contribution in [0.3, 0.4) is 0 Å². The zero-order chi connectivity index (χ0) is 16.8. The summed E-state index contributed by atoms with van der Waals surface area (Å²) in [5.41, 5.74) is 2.67. The summed E-state index contributed by atoms with van der Waals surface area (Å²) in [7, 11) is 6.11. The Kier molecular flexibility index (Phi) is 6.10. The van der Waals surface area contributed by atoms with Crippen LogP contribution < -0.4 is 14.9 Å². The summed E-state index contributed by atoms with van der Waals surface area (Å²) in [5, 5.41) is 15.5. The first-order valence-electron chi connectivity index (χ1n) is 6.87. The predicted molar refractivity (Wildman–Crippen MR) is 99.8 cm³/mol. The highest BCUT2D eigenvalue weighted by Gasteiger charge is 2.14. The van der Waals surface area contributed by atoms with Gasteiger partial charge in [-0.2, -0.15) is 0 Å². The maximum absolute atomic E-state index is 12.4. The Balaban J connectivity index is 2.64. The van der Waals surface area contributed by atoms with Gasteiger partial charge in [-0.25, -0.2) is 5.01 Å². The lowest BCUT2D eigenvalue weighted by atomic mass is 10.0. The molecule has 2 aromatic rings. The summed E-state index contributed by atoms with van der Waals surface area (Å²) in [4.78, 5) is 0. The summed E-state index contributed by atoms with van der Waals surface area (Å²) in [6.07, 6.45) is 0. The number of nitrogens with zero attached hydrogens (tertiary/aromatic N) is 2. The lowest BCUT2D eigenvalue weighted by Gasteiger charge is -2.36. The second-order valence-electron chi connectivity index (χ2n) is 4.86. The van der Waals surface area contributed by atoms with Crippen LogP contribution >= 0.6 is 23.2 Å². The smallest absolute Gasteiger partial charge is 0.119 e. The summed E-state index contributed by atoms with van der Waals surface area (Å²) in [6, 6.07) is 15.4. The van der Waals surface area contributed by atoms with E-state index in [1.165, 1.54) is 0 Å². The molecule has 2 rings (SSSR count). The van der Waals surface area contributed by atoms with Gasteiger partial charge in [-0.05, 0) is 36.0 Å². The maximum Gasteiger partial charge on any atom is 0.119 e. The molecule has 4 nitrogen and oxygen atoms in total. The Bertz CT molecular complexity index is 780. The van der Waals surface area contributed by atoms with Crippen LogP contribution in [0.15, 0.2) is 48.5 Å². The molecular formula is C17H17N2O2S2-. The van der Waals surface area contributed by atoms with Crippen LogP contribution in [0.2, 0.25) is 0 Å². The van der Waals surface area contributed by atoms with Gasteiger partial charge in [-0.1, -0.05) is 41.3 Å². The van der Waals surface area contributed by atoms with E-state index in [2.05, 4.69) is 16.5 Å². The van der Waals surface area contributed by atoms with Gasteiger partial charge in [-0.15, -0.1) is 0 Å². The molecule has 0 aliphatic heterocycles. The minimum absolute atomic E-state index is 0.208. The Morgan fingerprint density at radius 1 is 1.17 bits per heavy atom. The van der Waals surface area contributed by atoms with Crippen LogP contribution in [-0.2, 0) is 0 Å². The summed E-state index contributed by atoms with van der Waals surface area (Å²) in [6.45, 7) is 0. The molecule has 0 N–H and O–H groups in total. The van der Waals surface area contributed by atoms with E-state index in [0.29, 0.717) is 0 Å². The predicted octanol–water partition coefficient (Wildman–Crippen LogP) is 2.66. The van der Waals surface area contributed by atoms with E-state index in [1.54, 1.807) is 17.1 Å². The van der Waals surface area contributed by atoms with Crippen molar-refractivity contribution in [1.29, 1.82) is 0 Å². The fourth-order valence-electron chi connectivity index (χ4n) is 2.25. The van der Waals surface area contributed by atoms with E-state index in [-0.39, 0.29) is 5.17 Å². The first-order valence-corrected chi connectivity index (χ1v) is 8.09. The van der Waals surface area contributed by atoms with Crippen LogP contribution in [0.25, 0.3) is 11.1 Å². The lowest BCUT2D eigenvalue weighted by Crippen LogP contribution is -2.47. The molecule has 0 fully saturated rings. The Hall–Kier alpha value is -1.95. The van der Waals surface area contributed by atoms with Crippen molar-refractivity contribution in [2.45, 2.75) is 0 Å². The van der Waals surface area contributed by atoms with Gasteiger partial charge in [0, 0.05) is 29.1 Å². The molecule has 2 aromatic carbocycles. The number of ether oxygens (including phenoxy) is 1. The van der Waals surface area contributed by atoms with Crippen molar-refractivity contribution in [1.82, 2.24) is 5.01 Å². The number of hydrogen-bond acceptors (Lipinski definition) is 4. The molecule has 0 heterocycles. The Morgan fingerprint density at radius 2 is 1.91 bits per heavy atom. The number of rotatable bonds is 4. The quantitative estimate of drug-likeness (QED) is 0.629. The highest BCUT2D eigenvalue weighted by atomic mass is 32.1. The van der Waals surface area contributed by atoms with Crippen molar-refractivity contribution in [3.8, 4) is 16.9 Å². The normalized spacial score (nSPS) is 10.1. The second-order valence-corrected chi connectivity index (χ2v) is 6.08. The number of hydrazine groups is 1. The number of thiocarbonyl (C=S) groups is 1. The first-order chi connectivity index (χ1) is 11.1. The number of anilines is 1. The molecule has 0 aliphatic carbocycles. The fourth-order valence-corrected chi connectivity index (χ4v) is 2.88. The summed E-state index contributed by atoms with van der Waals surface area (Å²) in [5.74, 6) is 0.765. The molecule has 0 saturated heterocycles. The van der Waals surface area contributed by atoms with Crippen LogP contribution in [-0.4, -0.2) is 35.7 Å². The van der Waals surface area contributed by atoms with Gasteiger partial charge in [0.15, 0.2) is 0 Å². The highest BCUT2D eigenvalue weighted by Crippen LogP contribution is 2.32. The molecule has 0 aromatic heterocycles. The number of methoxy groups -OCH3 is 1. The molecule has 0 aliphatic rings. The molecule has 0 amide bonds. The van der Waals surface area contributed by atoms with Crippen LogP contribution in [0.5, 0.6) is 5.75 Å². The molecular weight excluding hydrogens is 328 g/mol. The summed E-state index contributed by atoms with van der Waals surface area (Å²) >= 11 is 4.67. The van der Waals surface area contributed by atoms with E-state index in [9.17, 15) is 5.11 Å². The standard InChI is InChI=1S/C17H18N2O2S2/c1-18(2)19(17(20)23-12-22)16-10-5-4-9-15(16)13-7-6-8-14(11-13)21-3/h4-11,20H,1-3H3/p-1. The molecule has 23 heavy (non-hydrogen) atoms. The number of para-hydroxylation sites is 1. The van der Waals surface area contributed by atoms with E-state index in [0.717, 1.165) is 33.5 Å². The zero-order valence-corrected chi connectivity index (χ0v) is 14.8. The Morgan fingerprint density at radius 3 is 2.57 bits per heavy atom. The molecule has 0 radical (unpaired) electrons. The average Bonchev–Trinajstić information content (AvgIpc) is 2.55. The van der Waals surface area contributed by atoms with Gasteiger partial charge in [0.05, 0.1) is 12.8 Å². The van der Waals surface area contributed by atoms with Crippen molar-refractivity contribution in [2.75, 3.05) is 26.2 Å². The van der Waals surface area contributed by atoms with Gasteiger partial charge < -0.3 is 9.84 Å². The van der Waals surface area contributed by atoms with Crippen molar-refractivity contribution < 1.29 is 9.84 Å². The van der Waals surface area contributed by atoms with Crippen molar-refractivity contribution in [3.05, 3.63) is 48.5 Å². The third-order valence-electron chi connectivity index (χ3n) is 3.21. The molecule has 0 bridgehead atoms. The summed E-state index contributed by atoms with van der Waals surface area (Å²) < 4.78 is 7.70. The molecule has 6 heteroatoms. The van der Waals surface area contributed by atoms with E-state index in [1.807, 2.05) is 62.6 Å². The zero-order valence-electron chi connectivity index (χ0n) is 13.1. The van der Waals surface area contributed by atoms with E-state index < -0.39 is 0 Å². The molecule has 120 valence electrons. The Labute approximate surface area is 145 Å².